The van der Waals surface area contributed by atoms with E-state index in [2.05, 4.69) is 35.3 Å². The Kier molecular flexibility index (Phi) is 12.7. The van der Waals surface area contributed by atoms with E-state index in [1.807, 2.05) is 0 Å². The summed E-state index contributed by atoms with van der Waals surface area (Å²) >= 11 is 0. The Balaban J connectivity index is 1.29. The van der Waals surface area contributed by atoms with Gasteiger partial charge in [-0.2, -0.15) is 5.26 Å². The smallest absolute Gasteiger partial charge is 0.261 e. The summed E-state index contributed by atoms with van der Waals surface area (Å²) < 4.78 is 11.0. The maximum absolute atomic E-state index is 12.5. The topological polar surface area (TPSA) is 91.7 Å². The molecule has 202 valence electrons. The fourth-order valence-electron chi connectivity index (χ4n) is 5.08. The molecule has 0 fully saturated rings. The minimum Gasteiger partial charge on any atom is -0.379 e. The summed E-state index contributed by atoms with van der Waals surface area (Å²) in [6, 6.07) is 6.34. The van der Waals surface area contributed by atoms with Crippen molar-refractivity contribution in [1.29, 1.82) is 5.26 Å². The van der Waals surface area contributed by atoms with Crippen LogP contribution >= 0.6 is 0 Å². The highest BCUT2D eigenvalue weighted by atomic mass is 16.5. The number of hydrogen-bond donors (Lipinski definition) is 1. The Bertz CT molecular complexity index is 935. The van der Waals surface area contributed by atoms with Gasteiger partial charge in [0, 0.05) is 44.8 Å². The summed E-state index contributed by atoms with van der Waals surface area (Å²) in [4.78, 5) is 26.8. The molecule has 1 aromatic rings. The van der Waals surface area contributed by atoms with Gasteiger partial charge in [-0.15, -0.1) is 0 Å². The van der Waals surface area contributed by atoms with Crippen molar-refractivity contribution in [2.24, 2.45) is 0 Å². The summed E-state index contributed by atoms with van der Waals surface area (Å²) in [5, 5.41) is 12.4. The van der Waals surface area contributed by atoms with Crippen molar-refractivity contribution in [3.8, 4) is 6.07 Å². The van der Waals surface area contributed by atoms with Gasteiger partial charge in [-0.3, -0.25) is 9.59 Å². The first-order chi connectivity index (χ1) is 18.1. The van der Waals surface area contributed by atoms with E-state index in [9.17, 15) is 14.9 Å². The number of ketones is 1. The van der Waals surface area contributed by atoms with E-state index in [0.717, 1.165) is 57.2 Å². The minimum atomic E-state index is -0.349. The first kappa shape index (κ1) is 28.9. The average molecular weight is 510 g/mol. The minimum absolute atomic E-state index is 0.129. The molecule has 0 radical (unpaired) electrons. The number of ether oxygens (including phenoxy) is 2. The number of amides is 1. The maximum atomic E-state index is 12.5. The Hall–Kier alpha value is -2.69. The Morgan fingerprint density at radius 2 is 1.68 bits per heavy atom. The number of hydrogen-bond acceptors (Lipinski definition) is 6. The van der Waals surface area contributed by atoms with Gasteiger partial charge in [0.05, 0.1) is 19.8 Å². The number of benzene rings is 1. The van der Waals surface area contributed by atoms with E-state index in [-0.39, 0.29) is 17.3 Å². The number of nitrogens with one attached hydrogen (secondary N) is 1. The van der Waals surface area contributed by atoms with Crippen molar-refractivity contribution in [2.75, 3.05) is 51.0 Å². The van der Waals surface area contributed by atoms with E-state index >= 15 is 0 Å². The maximum Gasteiger partial charge on any atom is 0.261 e. The number of carbonyl (C=O) groups excluding carboxylic acids is 2. The fraction of sp³-hybridized carbons (Fsp3) is 0.633. The van der Waals surface area contributed by atoms with Gasteiger partial charge in [0.1, 0.15) is 17.4 Å². The Labute approximate surface area is 222 Å². The highest BCUT2D eigenvalue weighted by Crippen LogP contribution is 2.36. The van der Waals surface area contributed by atoms with Crippen LogP contribution in [0.15, 0.2) is 17.7 Å². The van der Waals surface area contributed by atoms with E-state index < -0.39 is 0 Å². The van der Waals surface area contributed by atoms with Crippen LogP contribution in [0.2, 0.25) is 0 Å². The molecule has 1 aromatic carbocycles. The molecule has 2 heterocycles. The summed E-state index contributed by atoms with van der Waals surface area (Å²) in [7, 11) is 0. The molecule has 7 nitrogen and oxygen atoms in total. The lowest BCUT2D eigenvalue weighted by Gasteiger charge is -2.37. The van der Waals surface area contributed by atoms with Crippen molar-refractivity contribution < 1.29 is 19.1 Å². The number of nitrogens with zero attached hydrogens (tertiary/aromatic N) is 2. The number of aryl methyl sites for hydroxylation is 2. The van der Waals surface area contributed by atoms with Crippen molar-refractivity contribution in [3.05, 3.63) is 34.4 Å². The predicted octanol–water partition coefficient (Wildman–Crippen LogP) is 4.76. The van der Waals surface area contributed by atoms with Crippen LogP contribution in [0, 0.1) is 11.3 Å². The predicted molar refractivity (Wildman–Crippen MR) is 147 cm³/mol. The largest absolute Gasteiger partial charge is 0.379 e. The van der Waals surface area contributed by atoms with Gasteiger partial charge >= 0.3 is 0 Å². The Morgan fingerprint density at radius 1 is 0.973 bits per heavy atom. The van der Waals surface area contributed by atoms with Crippen LogP contribution in [-0.4, -0.2) is 57.8 Å². The van der Waals surface area contributed by atoms with Crippen LogP contribution in [0.5, 0.6) is 0 Å². The highest BCUT2D eigenvalue weighted by Gasteiger charge is 2.24. The molecule has 2 aliphatic heterocycles. The first-order valence-corrected chi connectivity index (χ1v) is 14.1. The molecule has 37 heavy (non-hydrogen) atoms. The van der Waals surface area contributed by atoms with Crippen LogP contribution in [-0.2, 0) is 31.9 Å². The Morgan fingerprint density at radius 3 is 2.35 bits per heavy atom. The summed E-state index contributed by atoms with van der Waals surface area (Å²) in [6.45, 7) is 6.70. The summed E-state index contributed by atoms with van der Waals surface area (Å²) in [6.07, 6.45) is 12.4. The van der Waals surface area contributed by atoms with Gasteiger partial charge in [0.15, 0.2) is 0 Å². The molecule has 7 heteroatoms. The number of Topliss-reactive ketones (excluding diaryl/α,β-unsaturated/α-hetero) is 1. The standard InChI is InChI=1S/C30H43N3O4/c1-2-3-4-5-11-28(34)12-17-37-19-18-36-16-8-13-32-30(35)27(23-31)22-24-20-25-9-6-14-33-15-7-10-26(21-24)29(25)33/h20-22H,2-19H2,1H3,(H,32,35)/b27-22+. The SMILES string of the molecule is CCCCCCC(=O)CCOCCOCCCNC(=O)/C(C#N)=C/c1cc2c3c(c1)CCCN3CCC2. The molecule has 0 atom stereocenters. The number of carbonyl (C=O) groups is 2. The van der Waals surface area contributed by atoms with Crippen LogP contribution in [0.4, 0.5) is 5.69 Å². The van der Waals surface area contributed by atoms with Gasteiger partial charge in [-0.05, 0) is 73.4 Å². The molecule has 2 aliphatic rings. The van der Waals surface area contributed by atoms with E-state index in [1.165, 1.54) is 29.7 Å². The molecule has 3 rings (SSSR count). The zero-order chi connectivity index (χ0) is 26.3. The van der Waals surface area contributed by atoms with Crippen LogP contribution in [0.3, 0.4) is 0 Å². The monoisotopic (exact) mass is 509 g/mol. The van der Waals surface area contributed by atoms with Gasteiger partial charge in [0.2, 0.25) is 0 Å². The number of rotatable bonds is 17. The lowest BCUT2D eigenvalue weighted by atomic mass is 9.89. The van der Waals surface area contributed by atoms with Crippen molar-refractivity contribution in [1.82, 2.24) is 5.32 Å². The van der Waals surface area contributed by atoms with Gasteiger partial charge in [-0.25, -0.2) is 0 Å². The second kappa shape index (κ2) is 16.2. The molecular weight excluding hydrogens is 466 g/mol. The molecule has 0 spiro atoms. The highest BCUT2D eigenvalue weighted by molar-refractivity contribution is 6.01. The molecule has 0 bridgehead atoms. The lowest BCUT2D eigenvalue weighted by Crippen LogP contribution is -2.34. The third-order valence-electron chi connectivity index (χ3n) is 6.99. The van der Waals surface area contributed by atoms with Gasteiger partial charge in [0.25, 0.3) is 5.91 Å². The summed E-state index contributed by atoms with van der Waals surface area (Å²) in [5.74, 6) is -0.0791. The number of nitriles is 1. The third kappa shape index (κ3) is 9.60. The van der Waals surface area contributed by atoms with E-state index in [0.29, 0.717) is 52.2 Å². The molecule has 1 N–H and O–H groups in total. The van der Waals surface area contributed by atoms with Crippen LogP contribution in [0.25, 0.3) is 6.08 Å². The quantitative estimate of drug-likeness (QED) is 0.185. The molecule has 0 unspecified atom stereocenters. The van der Waals surface area contributed by atoms with E-state index in [4.69, 9.17) is 9.47 Å². The zero-order valence-corrected chi connectivity index (χ0v) is 22.5. The van der Waals surface area contributed by atoms with Crippen molar-refractivity contribution in [3.63, 3.8) is 0 Å². The molecule has 0 saturated heterocycles. The number of unbranched alkanes of at least 4 members (excludes halogenated alkanes) is 3. The van der Waals surface area contributed by atoms with Crippen LogP contribution in [0.1, 0.15) is 81.4 Å². The first-order valence-electron chi connectivity index (χ1n) is 14.1. The number of anilines is 1. The third-order valence-corrected chi connectivity index (χ3v) is 6.99. The lowest BCUT2D eigenvalue weighted by molar-refractivity contribution is -0.120. The molecular formula is C30H43N3O4. The second-order valence-corrected chi connectivity index (χ2v) is 9.99. The molecule has 0 aromatic heterocycles. The fourth-order valence-corrected chi connectivity index (χ4v) is 5.08. The van der Waals surface area contributed by atoms with Gasteiger partial charge in [-0.1, -0.05) is 26.2 Å². The molecule has 0 aliphatic carbocycles. The average Bonchev–Trinajstić information content (AvgIpc) is 2.91. The normalized spacial score (nSPS) is 14.7. The van der Waals surface area contributed by atoms with Crippen LogP contribution < -0.4 is 10.2 Å². The van der Waals surface area contributed by atoms with E-state index in [1.54, 1.807) is 6.08 Å². The zero-order valence-electron chi connectivity index (χ0n) is 22.5. The van der Waals surface area contributed by atoms with Crippen molar-refractivity contribution >= 4 is 23.5 Å². The molecule has 1 amide bonds. The van der Waals surface area contributed by atoms with Crippen molar-refractivity contribution in [2.45, 2.75) is 77.6 Å². The second-order valence-electron chi connectivity index (χ2n) is 9.99. The summed E-state index contributed by atoms with van der Waals surface area (Å²) in [5.41, 5.74) is 5.12. The molecule has 0 saturated carbocycles. The van der Waals surface area contributed by atoms with Gasteiger partial charge < -0.3 is 19.7 Å².